The van der Waals surface area contributed by atoms with Gasteiger partial charge in [0.1, 0.15) is 5.75 Å². The van der Waals surface area contributed by atoms with Crippen LogP contribution in [0.2, 0.25) is 0 Å². The average molecular weight is 205 g/mol. The lowest BCUT2D eigenvalue weighted by Crippen LogP contribution is -2.33. The second-order valence-electron chi connectivity index (χ2n) is 4.73. The number of nitrogens with two attached hydrogens (primary N) is 1. The third-order valence-electron chi connectivity index (χ3n) is 3.46. The van der Waals surface area contributed by atoms with Gasteiger partial charge in [-0.25, -0.2) is 0 Å². The lowest BCUT2D eigenvalue weighted by molar-refractivity contribution is 0.411. The van der Waals surface area contributed by atoms with E-state index in [1.54, 1.807) is 7.11 Å². The van der Waals surface area contributed by atoms with Crippen LogP contribution >= 0.6 is 0 Å². The van der Waals surface area contributed by atoms with Gasteiger partial charge in [-0.05, 0) is 42.9 Å². The zero-order chi connectivity index (χ0) is 10.9. The van der Waals surface area contributed by atoms with E-state index in [0.717, 1.165) is 24.5 Å². The van der Waals surface area contributed by atoms with E-state index in [9.17, 15) is 0 Å². The van der Waals surface area contributed by atoms with E-state index >= 15 is 0 Å². The van der Waals surface area contributed by atoms with Crippen molar-refractivity contribution in [3.8, 4) is 5.75 Å². The van der Waals surface area contributed by atoms with Crippen molar-refractivity contribution >= 4 is 0 Å². The molecule has 1 fully saturated rings. The Labute approximate surface area is 91.4 Å². The maximum atomic E-state index is 6.42. The van der Waals surface area contributed by atoms with E-state index in [4.69, 9.17) is 10.5 Å². The summed E-state index contributed by atoms with van der Waals surface area (Å²) in [6.45, 7) is 2.28. The number of hydrogen-bond acceptors (Lipinski definition) is 2. The van der Waals surface area contributed by atoms with Crippen LogP contribution in [0.1, 0.15) is 31.7 Å². The number of rotatable bonds is 2. The molecule has 1 aromatic rings. The van der Waals surface area contributed by atoms with Crippen LogP contribution in [0.5, 0.6) is 5.75 Å². The fourth-order valence-electron chi connectivity index (χ4n) is 2.52. The van der Waals surface area contributed by atoms with Gasteiger partial charge in [-0.1, -0.05) is 19.1 Å². The Morgan fingerprint density at radius 3 is 2.47 bits per heavy atom. The number of methoxy groups -OCH3 is 1. The van der Waals surface area contributed by atoms with Crippen LogP contribution in [0.3, 0.4) is 0 Å². The Morgan fingerprint density at radius 2 is 2.00 bits per heavy atom. The van der Waals surface area contributed by atoms with E-state index in [0.29, 0.717) is 0 Å². The Bertz CT molecular complexity index is 333. The normalized spacial score (nSPS) is 30.5. The average Bonchev–Trinajstić information content (AvgIpc) is 2.60. The van der Waals surface area contributed by atoms with Crippen LogP contribution in [0, 0.1) is 5.92 Å². The van der Waals surface area contributed by atoms with Gasteiger partial charge in [0, 0.05) is 5.54 Å². The molecule has 2 nitrogen and oxygen atoms in total. The third kappa shape index (κ3) is 2.00. The molecular weight excluding hydrogens is 186 g/mol. The molecule has 0 radical (unpaired) electrons. The van der Waals surface area contributed by atoms with Gasteiger partial charge in [0.15, 0.2) is 0 Å². The van der Waals surface area contributed by atoms with Crippen molar-refractivity contribution in [3.63, 3.8) is 0 Å². The molecule has 0 spiro atoms. The van der Waals surface area contributed by atoms with Crippen LogP contribution in [-0.4, -0.2) is 7.11 Å². The predicted octanol–water partition coefficient (Wildman–Crippen LogP) is 2.67. The molecule has 0 heterocycles. The molecule has 0 amide bonds. The smallest absolute Gasteiger partial charge is 0.118 e. The first kappa shape index (κ1) is 10.5. The summed E-state index contributed by atoms with van der Waals surface area (Å²) in [5.74, 6) is 1.64. The van der Waals surface area contributed by atoms with Crippen LogP contribution in [0.25, 0.3) is 0 Å². The van der Waals surface area contributed by atoms with Crippen LogP contribution in [0.15, 0.2) is 24.3 Å². The molecule has 0 saturated heterocycles. The maximum absolute atomic E-state index is 6.42. The standard InChI is InChI=1S/C13H19NO/c1-10-7-8-13(14,9-10)11-3-5-12(15-2)6-4-11/h3-6,10H,7-9,14H2,1-2H3. The van der Waals surface area contributed by atoms with Gasteiger partial charge in [0.25, 0.3) is 0 Å². The van der Waals surface area contributed by atoms with Crippen LogP contribution in [0.4, 0.5) is 0 Å². The molecule has 2 N–H and O–H groups in total. The summed E-state index contributed by atoms with van der Waals surface area (Å²) in [6, 6.07) is 8.17. The minimum atomic E-state index is -0.105. The summed E-state index contributed by atoms with van der Waals surface area (Å²) in [6.07, 6.45) is 3.43. The molecule has 0 aliphatic heterocycles. The first-order valence-corrected chi connectivity index (χ1v) is 5.57. The number of benzene rings is 1. The van der Waals surface area contributed by atoms with Gasteiger partial charge in [-0.2, -0.15) is 0 Å². The Morgan fingerprint density at radius 1 is 1.33 bits per heavy atom. The van der Waals surface area contributed by atoms with E-state index in [2.05, 4.69) is 19.1 Å². The number of hydrogen-bond donors (Lipinski definition) is 1. The van der Waals surface area contributed by atoms with E-state index in [1.165, 1.54) is 12.0 Å². The summed E-state index contributed by atoms with van der Waals surface area (Å²) in [4.78, 5) is 0. The SMILES string of the molecule is COc1ccc(C2(N)CCC(C)C2)cc1. The minimum Gasteiger partial charge on any atom is -0.497 e. The highest BCUT2D eigenvalue weighted by Crippen LogP contribution is 2.40. The highest BCUT2D eigenvalue weighted by molar-refractivity contribution is 5.32. The van der Waals surface area contributed by atoms with Crippen LogP contribution < -0.4 is 10.5 Å². The Kier molecular flexibility index (Phi) is 2.70. The molecular formula is C13H19NO. The monoisotopic (exact) mass is 205 g/mol. The molecule has 1 aliphatic carbocycles. The molecule has 1 saturated carbocycles. The van der Waals surface area contributed by atoms with Crippen molar-refractivity contribution < 1.29 is 4.74 Å². The summed E-state index contributed by atoms with van der Waals surface area (Å²) in [5, 5.41) is 0. The molecule has 2 atom stereocenters. The van der Waals surface area contributed by atoms with Crippen molar-refractivity contribution in [1.29, 1.82) is 0 Å². The van der Waals surface area contributed by atoms with Gasteiger partial charge in [0.05, 0.1) is 7.11 Å². The van der Waals surface area contributed by atoms with Crippen molar-refractivity contribution in [2.75, 3.05) is 7.11 Å². The largest absolute Gasteiger partial charge is 0.497 e. The van der Waals surface area contributed by atoms with Gasteiger partial charge in [0.2, 0.25) is 0 Å². The van der Waals surface area contributed by atoms with E-state index in [-0.39, 0.29) is 5.54 Å². The fraction of sp³-hybridized carbons (Fsp3) is 0.538. The first-order chi connectivity index (χ1) is 7.14. The molecule has 2 rings (SSSR count). The summed E-state index contributed by atoms with van der Waals surface area (Å²) >= 11 is 0. The highest BCUT2D eigenvalue weighted by Gasteiger charge is 2.34. The van der Waals surface area contributed by atoms with Gasteiger partial charge >= 0.3 is 0 Å². The molecule has 2 unspecified atom stereocenters. The lowest BCUT2D eigenvalue weighted by Gasteiger charge is -2.24. The quantitative estimate of drug-likeness (QED) is 0.805. The van der Waals surface area contributed by atoms with E-state index in [1.807, 2.05) is 12.1 Å². The second kappa shape index (κ2) is 3.86. The molecule has 15 heavy (non-hydrogen) atoms. The third-order valence-corrected chi connectivity index (χ3v) is 3.46. The molecule has 0 aromatic heterocycles. The zero-order valence-electron chi connectivity index (χ0n) is 9.49. The molecule has 2 heteroatoms. The summed E-state index contributed by atoms with van der Waals surface area (Å²) in [5.41, 5.74) is 7.56. The second-order valence-corrected chi connectivity index (χ2v) is 4.73. The van der Waals surface area contributed by atoms with Crippen molar-refractivity contribution in [2.45, 2.75) is 31.7 Å². The van der Waals surface area contributed by atoms with Gasteiger partial charge < -0.3 is 10.5 Å². The summed E-state index contributed by atoms with van der Waals surface area (Å²) < 4.78 is 5.15. The first-order valence-electron chi connectivity index (χ1n) is 5.57. The molecule has 1 aromatic carbocycles. The van der Waals surface area contributed by atoms with Crippen molar-refractivity contribution in [3.05, 3.63) is 29.8 Å². The van der Waals surface area contributed by atoms with Gasteiger partial charge in [-0.3, -0.25) is 0 Å². The number of ether oxygens (including phenoxy) is 1. The van der Waals surface area contributed by atoms with E-state index < -0.39 is 0 Å². The van der Waals surface area contributed by atoms with Crippen LogP contribution in [-0.2, 0) is 5.54 Å². The maximum Gasteiger partial charge on any atom is 0.118 e. The topological polar surface area (TPSA) is 35.2 Å². The fourth-order valence-corrected chi connectivity index (χ4v) is 2.52. The van der Waals surface area contributed by atoms with Crippen molar-refractivity contribution in [2.24, 2.45) is 11.7 Å². The highest BCUT2D eigenvalue weighted by atomic mass is 16.5. The Hall–Kier alpha value is -1.02. The van der Waals surface area contributed by atoms with Gasteiger partial charge in [-0.15, -0.1) is 0 Å². The minimum absolute atomic E-state index is 0.105. The zero-order valence-corrected chi connectivity index (χ0v) is 9.49. The molecule has 1 aliphatic rings. The lowest BCUT2D eigenvalue weighted by atomic mass is 9.88. The summed E-state index contributed by atoms with van der Waals surface area (Å²) in [7, 11) is 1.69. The Balaban J connectivity index is 2.22. The van der Waals surface area contributed by atoms with Crippen molar-refractivity contribution in [1.82, 2.24) is 0 Å². The predicted molar refractivity (Wildman–Crippen MR) is 61.9 cm³/mol. The molecule has 0 bridgehead atoms. The molecule has 82 valence electrons.